The van der Waals surface area contributed by atoms with Gasteiger partial charge in [0.15, 0.2) is 0 Å². The second-order valence-corrected chi connectivity index (χ2v) is 12.2. The minimum atomic E-state index is -0.102. The van der Waals surface area contributed by atoms with E-state index in [9.17, 15) is 4.79 Å². The lowest BCUT2D eigenvalue weighted by atomic mass is 9.51. The van der Waals surface area contributed by atoms with E-state index in [4.69, 9.17) is 4.74 Å². The average Bonchev–Trinajstić information content (AvgIpc) is 3.13. The number of hydrogen-bond acceptors (Lipinski definition) is 2. The molecule has 0 bridgehead atoms. The Morgan fingerprint density at radius 3 is 2.52 bits per heavy atom. The molecule has 2 nitrogen and oxygen atoms in total. The largest absolute Gasteiger partial charge is 0.462 e. The predicted octanol–water partition coefficient (Wildman–Crippen LogP) is 9.13. The third-order valence-corrected chi connectivity index (χ3v) is 10.1. The molecule has 7 atom stereocenters. The SMILES string of the molecule is CC.CCC1CC2C(CCC3(C)C(CCCCC(C)C)CCC23)C2=C1CC(OC(C)=O)CC2. The number of ether oxygens (including phenoxy) is 1. The van der Waals surface area contributed by atoms with Crippen molar-refractivity contribution in [1.29, 1.82) is 0 Å². The van der Waals surface area contributed by atoms with Crippen LogP contribution >= 0.6 is 0 Å². The summed E-state index contributed by atoms with van der Waals surface area (Å²) < 4.78 is 5.66. The molecule has 4 rings (SSSR count). The summed E-state index contributed by atoms with van der Waals surface area (Å²) in [7, 11) is 0. The fourth-order valence-electron chi connectivity index (χ4n) is 8.60. The third kappa shape index (κ3) is 5.72. The number of unbranched alkanes of at least 4 members (excludes halogenated alkanes) is 1. The summed E-state index contributed by atoms with van der Waals surface area (Å²) >= 11 is 0. The summed E-state index contributed by atoms with van der Waals surface area (Å²) in [4.78, 5) is 11.5. The first kappa shape index (κ1) is 26.8. The van der Waals surface area contributed by atoms with E-state index < -0.39 is 0 Å². The van der Waals surface area contributed by atoms with Crippen LogP contribution in [-0.2, 0) is 9.53 Å². The Bertz CT molecular complexity index is 676. The molecule has 0 aromatic heterocycles. The van der Waals surface area contributed by atoms with Crippen molar-refractivity contribution in [3.05, 3.63) is 11.1 Å². The van der Waals surface area contributed by atoms with Crippen LogP contribution in [0.3, 0.4) is 0 Å². The van der Waals surface area contributed by atoms with Crippen molar-refractivity contribution < 1.29 is 9.53 Å². The molecule has 7 unspecified atom stereocenters. The maximum atomic E-state index is 11.5. The van der Waals surface area contributed by atoms with Crippen LogP contribution in [-0.4, -0.2) is 12.1 Å². The molecule has 0 amide bonds. The first-order valence-corrected chi connectivity index (χ1v) is 14.7. The quantitative estimate of drug-likeness (QED) is 0.216. The van der Waals surface area contributed by atoms with Crippen molar-refractivity contribution in [3.8, 4) is 0 Å². The molecule has 0 spiro atoms. The predicted molar refractivity (Wildman–Crippen MR) is 140 cm³/mol. The summed E-state index contributed by atoms with van der Waals surface area (Å²) in [5, 5.41) is 0. The summed E-state index contributed by atoms with van der Waals surface area (Å²) in [5.74, 6) is 5.18. The lowest BCUT2D eigenvalue weighted by Crippen LogP contribution is -2.45. The fraction of sp³-hybridized carbons (Fsp3) is 0.903. The zero-order valence-corrected chi connectivity index (χ0v) is 23.1. The van der Waals surface area contributed by atoms with Crippen molar-refractivity contribution in [3.63, 3.8) is 0 Å². The van der Waals surface area contributed by atoms with Crippen LogP contribution in [0.5, 0.6) is 0 Å². The van der Waals surface area contributed by atoms with Gasteiger partial charge in [0.25, 0.3) is 0 Å². The average molecular weight is 459 g/mol. The van der Waals surface area contributed by atoms with Crippen molar-refractivity contribution in [1.82, 2.24) is 0 Å². The molecule has 2 heteroatoms. The van der Waals surface area contributed by atoms with Crippen molar-refractivity contribution in [2.45, 2.75) is 138 Å². The number of hydrogen-bond donors (Lipinski definition) is 0. The van der Waals surface area contributed by atoms with Crippen LogP contribution in [0.1, 0.15) is 132 Å². The van der Waals surface area contributed by atoms with Gasteiger partial charge in [-0.25, -0.2) is 0 Å². The molecular weight excluding hydrogens is 404 g/mol. The molecule has 0 heterocycles. The second-order valence-electron chi connectivity index (χ2n) is 12.2. The van der Waals surface area contributed by atoms with E-state index in [-0.39, 0.29) is 12.1 Å². The normalized spacial score (nSPS) is 37.6. The minimum Gasteiger partial charge on any atom is -0.462 e. The fourth-order valence-corrected chi connectivity index (χ4v) is 8.60. The van der Waals surface area contributed by atoms with Gasteiger partial charge < -0.3 is 4.74 Å². The van der Waals surface area contributed by atoms with Crippen LogP contribution in [0.2, 0.25) is 0 Å². The van der Waals surface area contributed by atoms with Crippen molar-refractivity contribution in [2.24, 2.45) is 40.9 Å². The van der Waals surface area contributed by atoms with Crippen LogP contribution in [0, 0.1) is 40.9 Å². The second kappa shape index (κ2) is 11.8. The molecule has 0 N–H and O–H groups in total. The Kier molecular flexibility index (Phi) is 9.56. The molecule has 0 aromatic carbocycles. The maximum absolute atomic E-state index is 11.5. The van der Waals surface area contributed by atoms with Gasteiger partial charge in [0, 0.05) is 13.3 Å². The molecule has 4 aliphatic carbocycles. The number of rotatable bonds is 7. The van der Waals surface area contributed by atoms with Gasteiger partial charge in [0.2, 0.25) is 0 Å². The van der Waals surface area contributed by atoms with Crippen molar-refractivity contribution in [2.75, 3.05) is 0 Å². The summed E-state index contributed by atoms with van der Waals surface area (Å²) in [5.41, 5.74) is 4.15. The van der Waals surface area contributed by atoms with Gasteiger partial charge in [-0.1, -0.05) is 72.0 Å². The highest BCUT2D eigenvalue weighted by Crippen LogP contribution is 2.64. The minimum absolute atomic E-state index is 0.102. The zero-order chi connectivity index (χ0) is 24.2. The summed E-state index contributed by atoms with van der Waals surface area (Å²) in [6.07, 6.45) is 17.7. The Labute approximate surface area is 205 Å². The van der Waals surface area contributed by atoms with E-state index in [0.29, 0.717) is 5.41 Å². The van der Waals surface area contributed by atoms with Crippen LogP contribution < -0.4 is 0 Å². The van der Waals surface area contributed by atoms with E-state index in [1.807, 2.05) is 19.4 Å². The van der Waals surface area contributed by atoms with E-state index in [0.717, 1.165) is 48.3 Å². The lowest BCUT2D eigenvalue weighted by molar-refractivity contribution is -0.147. The molecule has 2 saturated carbocycles. The van der Waals surface area contributed by atoms with E-state index in [1.54, 1.807) is 12.5 Å². The summed E-state index contributed by atoms with van der Waals surface area (Å²) in [6.45, 7) is 15.4. The smallest absolute Gasteiger partial charge is 0.302 e. The molecule has 2 fully saturated rings. The van der Waals surface area contributed by atoms with Crippen LogP contribution in [0.25, 0.3) is 0 Å². The molecular formula is C31H54O2. The van der Waals surface area contributed by atoms with Crippen LogP contribution in [0.4, 0.5) is 0 Å². The van der Waals surface area contributed by atoms with Gasteiger partial charge in [-0.3, -0.25) is 4.79 Å². The molecule has 33 heavy (non-hydrogen) atoms. The topological polar surface area (TPSA) is 26.3 Å². The maximum Gasteiger partial charge on any atom is 0.302 e. The first-order valence-electron chi connectivity index (χ1n) is 14.7. The number of esters is 1. The van der Waals surface area contributed by atoms with Gasteiger partial charge in [0.1, 0.15) is 6.10 Å². The van der Waals surface area contributed by atoms with Gasteiger partial charge in [-0.15, -0.1) is 0 Å². The zero-order valence-electron chi connectivity index (χ0n) is 23.1. The van der Waals surface area contributed by atoms with Gasteiger partial charge in [0.05, 0.1) is 0 Å². The summed E-state index contributed by atoms with van der Waals surface area (Å²) in [6, 6.07) is 0. The Hall–Kier alpha value is -0.790. The third-order valence-electron chi connectivity index (χ3n) is 10.1. The Morgan fingerprint density at radius 2 is 1.85 bits per heavy atom. The molecule has 4 aliphatic rings. The Balaban J connectivity index is 0.00000149. The highest BCUT2D eigenvalue weighted by atomic mass is 16.5. The van der Waals surface area contributed by atoms with Gasteiger partial charge >= 0.3 is 5.97 Å². The lowest BCUT2D eigenvalue weighted by Gasteiger charge is -2.54. The van der Waals surface area contributed by atoms with Crippen molar-refractivity contribution >= 4 is 5.97 Å². The Morgan fingerprint density at radius 1 is 1.09 bits per heavy atom. The highest BCUT2D eigenvalue weighted by molar-refractivity contribution is 5.66. The standard InChI is InChI=1S/C29H48O2.C2H6/c1-6-21-17-27-25(24-13-12-23(18-26(21)24)31-20(4)30)15-16-29(5)22(11-14-28(27)29)10-8-7-9-19(2)3;1-2/h19,21-23,25,27-28H,6-18H2,1-5H3;1-2H3. The molecule has 0 aromatic rings. The number of carbonyl (C=O) groups is 1. The van der Waals surface area contributed by atoms with Gasteiger partial charge in [-0.05, 0) is 98.7 Å². The van der Waals surface area contributed by atoms with E-state index in [2.05, 4.69) is 27.7 Å². The molecule has 0 saturated heterocycles. The molecule has 0 radical (unpaired) electrons. The van der Waals surface area contributed by atoms with E-state index in [1.165, 1.54) is 70.6 Å². The highest BCUT2D eigenvalue weighted by Gasteiger charge is 2.55. The van der Waals surface area contributed by atoms with Gasteiger partial charge in [-0.2, -0.15) is 0 Å². The molecule has 0 aliphatic heterocycles. The number of allylic oxidation sites excluding steroid dienone is 1. The first-order chi connectivity index (χ1) is 15.8. The number of fused-ring (bicyclic) bond motifs is 4. The number of carbonyl (C=O) groups excluding carboxylic acids is 1. The van der Waals surface area contributed by atoms with E-state index >= 15 is 0 Å². The van der Waals surface area contributed by atoms with Crippen LogP contribution in [0.15, 0.2) is 11.1 Å². The molecule has 190 valence electrons. The monoisotopic (exact) mass is 458 g/mol.